The zero-order valence-electron chi connectivity index (χ0n) is 13.2. The zero-order valence-corrected chi connectivity index (χ0v) is 13.2. The van der Waals surface area contributed by atoms with Crippen LogP contribution in [-0.2, 0) is 4.79 Å². The summed E-state index contributed by atoms with van der Waals surface area (Å²) < 4.78 is 5.74. The van der Waals surface area contributed by atoms with Crippen LogP contribution in [0.3, 0.4) is 0 Å². The predicted octanol–water partition coefficient (Wildman–Crippen LogP) is 2.46. The molecular formula is C17H25NO3. The number of para-hydroxylation sites is 1. The van der Waals surface area contributed by atoms with E-state index in [4.69, 9.17) is 4.74 Å². The van der Waals surface area contributed by atoms with Gasteiger partial charge in [0.05, 0.1) is 5.60 Å². The van der Waals surface area contributed by atoms with Gasteiger partial charge in [0.15, 0.2) is 6.10 Å². The molecule has 0 aliphatic carbocycles. The summed E-state index contributed by atoms with van der Waals surface area (Å²) in [5, 5.41) is 13.2. The van der Waals surface area contributed by atoms with Crippen molar-refractivity contribution in [3.05, 3.63) is 29.8 Å². The highest BCUT2D eigenvalue weighted by Gasteiger charge is 2.37. The van der Waals surface area contributed by atoms with Gasteiger partial charge < -0.3 is 15.2 Å². The number of benzene rings is 1. The number of nitrogens with one attached hydrogen (secondary N) is 1. The number of rotatable bonds is 5. The van der Waals surface area contributed by atoms with Gasteiger partial charge in [-0.1, -0.05) is 45.4 Å². The summed E-state index contributed by atoms with van der Waals surface area (Å²) in [6.45, 7) is 8.00. The molecule has 0 bridgehead atoms. The molecule has 0 spiro atoms. The van der Waals surface area contributed by atoms with Crippen molar-refractivity contribution in [2.45, 2.75) is 51.7 Å². The van der Waals surface area contributed by atoms with E-state index in [0.29, 0.717) is 0 Å². The zero-order chi connectivity index (χ0) is 15.6. The maximum absolute atomic E-state index is 12.3. The number of fused-ring (bicyclic) bond motifs is 1. The predicted molar refractivity (Wildman–Crippen MR) is 82.4 cm³/mol. The molecule has 4 unspecified atom stereocenters. The molecule has 116 valence electrons. The Bertz CT molecular complexity index is 513. The van der Waals surface area contributed by atoms with Gasteiger partial charge in [0.2, 0.25) is 0 Å². The van der Waals surface area contributed by atoms with Gasteiger partial charge in [-0.15, -0.1) is 0 Å². The lowest BCUT2D eigenvalue weighted by molar-refractivity contribution is -0.129. The monoisotopic (exact) mass is 291 g/mol. The molecule has 0 saturated heterocycles. The molecule has 21 heavy (non-hydrogen) atoms. The minimum absolute atomic E-state index is 0.0229. The first-order chi connectivity index (χ1) is 9.86. The number of hydrogen-bond donors (Lipinski definition) is 2. The average Bonchev–Trinajstić information content (AvgIpc) is 2.81. The van der Waals surface area contributed by atoms with Crippen LogP contribution in [0.4, 0.5) is 0 Å². The highest BCUT2D eigenvalue weighted by molar-refractivity contribution is 5.83. The molecule has 2 rings (SSSR count). The first-order valence-electron chi connectivity index (χ1n) is 7.62. The average molecular weight is 291 g/mol. The van der Waals surface area contributed by atoms with Crippen molar-refractivity contribution in [1.29, 1.82) is 0 Å². The summed E-state index contributed by atoms with van der Waals surface area (Å²) in [6.07, 6.45) is 0.347. The molecule has 0 radical (unpaired) electrons. The van der Waals surface area contributed by atoms with Gasteiger partial charge in [0.25, 0.3) is 5.91 Å². The molecule has 0 saturated carbocycles. The standard InChI is InChI=1S/C17H25NO3/c1-5-11(2)17(4,20)10-18-16(19)15-12(3)13-8-6-7-9-14(13)21-15/h6-9,11-12,15,20H,5,10H2,1-4H3,(H,18,19). The van der Waals surface area contributed by atoms with Crippen LogP contribution < -0.4 is 10.1 Å². The van der Waals surface area contributed by atoms with Crippen LogP contribution in [0.1, 0.15) is 45.6 Å². The maximum Gasteiger partial charge on any atom is 0.261 e. The third kappa shape index (κ3) is 3.21. The van der Waals surface area contributed by atoms with Gasteiger partial charge in [-0.2, -0.15) is 0 Å². The lowest BCUT2D eigenvalue weighted by Gasteiger charge is -2.30. The minimum atomic E-state index is -0.904. The first-order valence-corrected chi connectivity index (χ1v) is 7.62. The summed E-state index contributed by atoms with van der Waals surface area (Å²) >= 11 is 0. The molecule has 1 aliphatic heterocycles. The van der Waals surface area contributed by atoms with E-state index >= 15 is 0 Å². The van der Waals surface area contributed by atoms with Crippen LogP contribution in [-0.4, -0.2) is 29.3 Å². The summed E-state index contributed by atoms with van der Waals surface area (Å²) in [5.74, 6) is 0.757. The fourth-order valence-corrected chi connectivity index (χ4v) is 2.63. The van der Waals surface area contributed by atoms with Crippen molar-refractivity contribution in [2.75, 3.05) is 6.54 Å². The quantitative estimate of drug-likeness (QED) is 0.876. The molecule has 4 atom stereocenters. The van der Waals surface area contributed by atoms with Crippen LogP contribution in [0.2, 0.25) is 0 Å². The van der Waals surface area contributed by atoms with E-state index in [1.165, 1.54) is 0 Å². The minimum Gasteiger partial charge on any atom is -0.480 e. The van der Waals surface area contributed by atoms with Crippen molar-refractivity contribution in [2.24, 2.45) is 5.92 Å². The van der Waals surface area contributed by atoms with E-state index in [1.54, 1.807) is 6.92 Å². The Morgan fingerprint density at radius 2 is 2.14 bits per heavy atom. The van der Waals surface area contributed by atoms with E-state index in [1.807, 2.05) is 45.0 Å². The molecule has 1 aliphatic rings. The van der Waals surface area contributed by atoms with Gasteiger partial charge in [-0.3, -0.25) is 4.79 Å². The second kappa shape index (κ2) is 6.06. The van der Waals surface area contributed by atoms with Crippen LogP contribution in [0.25, 0.3) is 0 Å². The molecular weight excluding hydrogens is 266 g/mol. The number of aliphatic hydroxyl groups is 1. The fraction of sp³-hybridized carbons (Fsp3) is 0.588. The molecule has 0 aromatic heterocycles. The Morgan fingerprint density at radius 3 is 2.76 bits per heavy atom. The van der Waals surface area contributed by atoms with Gasteiger partial charge in [0.1, 0.15) is 5.75 Å². The summed E-state index contributed by atoms with van der Waals surface area (Å²) in [4.78, 5) is 12.3. The number of carbonyl (C=O) groups is 1. The summed E-state index contributed by atoms with van der Waals surface area (Å²) in [7, 11) is 0. The largest absolute Gasteiger partial charge is 0.480 e. The fourth-order valence-electron chi connectivity index (χ4n) is 2.63. The van der Waals surface area contributed by atoms with Crippen LogP contribution in [0.5, 0.6) is 5.75 Å². The third-order valence-electron chi connectivity index (χ3n) is 4.67. The summed E-state index contributed by atoms with van der Waals surface area (Å²) in [5.41, 5.74) is 0.158. The van der Waals surface area contributed by atoms with E-state index in [2.05, 4.69) is 5.32 Å². The van der Waals surface area contributed by atoms with E-state index in [9.17, 15) is 9.90 Å². The Balaban J connectivity index is 1.97. The Hall–Kier alpha value is -1.55. The Kier molecular flexibility index (Phi) is 4.57. The number of ether oxygens (including phenoxy) is 1. The molecule has 1 aromatic rings. The second-order valence-corrected chi connectivity index (χ2v) is 6.25. The van der Waals surface area contributed by atoms with E-state index in [-0.39, 0.29) is 24.3 Å². The van der Waals surface area contributed by atoms with Crippen molar-refractivity contribution < 1.29 is 14.6 Å². The van der Waals surface area contributed by atoms with Crippen molar-refractivity contribution in [3.63, 3.8) is 0 Å². The van der Waals surface area contributed by atoms with Crippen LogP contribution >= 0.6 is 0 Å². The SMILES string of the molecule is CCC(C)C(C)(O)CNC(=O)C1Oc2ccccc2C1C. The molecule has 4 nitrogen and oxygen atoms in total. The second-order valence-electron chi connectivity index (χ2n) is 6.25. The molecule has 4 heteroatoms. The lowest BCUT2D eigenvalue weighted by atomic mass is 9.88. The van der Waals surface area contributed by atoms with Gasteiger partial charge in [-0.25, -0.2) is 0 Å². The third-order valence-corrected chi connectivity index (χ3v) is 4.67. The smallest absolute Gasteiger partial charge is 0.261 e. The summed E-state index contributed by atoms with van der Waals surface area (Å²) in [6, 6.07) is 7.73. The Morgan fingerprint density at radius 1 is 1.48 bits per heavy atom. The first kappa shape index (κ1) is 15.8. The van der Waals surface area contributed by atoms with E-state index < -0.39 is 11.7 Å². The topological polar surface area (TPSA) is 58.6 Å². The maximum atomic E-state index is 12.3. The van der Waals surface area contributed by atoms with Crippen LogP contribution in [0.15, 0.2) is 24.3 Å². The van der Waals surface area contributed by atoms with Crippen molar-refractivity contribution in [3.8, 4) is 5.75 Å². The highest BCUT2D eigenvalue weighted by atomic mass is 16.5. The van der Waals surface area contributed by atoms with Gasteiger partial charge in [-0.05, 0) is 18.9 Å². The van der Waals surface area contributed by atoms with Gasteiger partial charge in [0, 0.05) is 18.0 Å². The van der Waals surface area contributed by atoms with Crippen molar-refractivity contribution in [1.82, 2.24) is 5.32 Å². The molecule has 1 amide bonds. The van der Waals surface area contributed by atoms with Crippen molar-refractivity contribution >= 4 is 5.91 Å². The number of amides is 1. The molecule has 2 N–H and O–H groups in total. The lowest BCUT2D eigenvalue weighted by Crippen LogP contribution is -2.48. The highest BCUT2D eigenvalue weighted by Crippen LogP contribution is 2.37. The normalized spacial score (nSPS) is 24.6. The van der Waals surface area contributed by atoms with Gasteiger partial charge >= 0.3 is 0 Å². The van der Waals surface area contributed by atoms with Crippen LogP contribution in [0, 0.1) is 5.92 Å². The molecule has 1 aromatic carbocycles. The Labute approximate surface area is 126 Å². The van der Waals surface area contributed by atoms with E-state index in [0.717, 1.165) is 17.7 Å². The molecule has 1 heterocycles. The number of hydrogen-bond acceptors (Lipinski definition) is 3. The molecule has 0 fully saturated rings. The number of carbonyl (C=O) groups excluding carboxylic acids is 1.